The molecule has 0 spiro atoms. The fourth-order valence-electron chi connectivity index (χ4n) is 2.95. The van der Waals surface area contributed by atoms with E-state index in [0.29, 0.717) is 0 Å². The number of benzene rings is 1. The minimum atomic E-state index is -0.370. The number of non-ortho nitro benzene ring substituents is 1. The van der Waals surface area contributed by atoms with Crippen LogP contribution >= 0.6 is 15.9 Å². The van der Waals surface area contributed by atoms with Crippen molar-refractivity contribution in [2.45, 2.75) is 39.2 Å². The lowest BCUT2D eigenvalue weighted by Gasteiger charge is -2.26. The van der Waals surface area contributed by atoms with Gasteiger partial charge in [-0.25, -0.2) is 0 Å². The fourth-order valence-corrected chi connectivity index (χ4v) is 3.46. The first-order valence-electron chi connectivity index (χ1n) is 7.20. The molecule has 2 unspecified atom stereocenters. The Balaban J connectivity index is 1.83. The summed E-state index contributed by atoms with van der Waals surface area (Å²) in [6.45, 7) is 4.12. The van der Waals surface area contributed by atoms with Crippen LogP contribution in [0.3, 0.4) is 0 Å². The van der Waals surface area contributed by atoms with Gasteiger partial charge in [0.25, 0.3) is 5.69 Å². The number of hydrogen-bond acceptors (Lipinski definition) is 3. The molecule has 0 bridgehead atoms. The number of nitro benzene ring substituents is 1. The molecule has 1 saturated carbocycles. The molecule has 0 radical (unpaired) electrons. The second-order valence-corrected chi connectivity index (χ2v) is 6.66. The highest BCUT2D eigenvalue weighted by molar-refractivity contribution is 9.10. The van der Waals surface area contributed by atoms with Crippen molar-refractivity contribution in [2.75, 3.05) is 6.54 Å². The molecule has 0 saturated heterocycles. The topological polar surface area (TPSA) is 55.2 Å². The Kier molecular flexibility index (Phi) is 5.54. The van der Waals surface area contributed by atoms with E-state index in [0.717, 1.165) is 35.0 Å². The van der Waals surface area contributed by atoms with E-state index in [1.807, 2.05) is 6.07 Å². The minimum Gasteiger partial charge on any atom is -0.312 e. The predicted octanol–water partition coefficient (Wildman–Crippen LogP) is 4.27. The van der Waals surface area contributed by atoms with E-state index < -0.39 is 0 Å². The molecule has 2 atom stereocenters. The van der Waals surface area contributed by atoms with Gasteiger partial charge in [-0.15, -0.1) is 0 Å². The Hall–Kier alpha value is -0.940. The maximum atomic E-state index is 10.7. The minimum absolute atomic E-state index is 0.127. The third-order valence-corrected chi connectivity index (χ3v) is 4.78. The normalized spacial score (nSPS) is 22.7. The Morgan fingerprint density at radius 1 is 1.45 bits per heavy atom. The molecule has 5 heteroatoms. The van der Waals surface area contributed by atoms with Crippen molar-refractivity contribution >= 4 is 21.6 Å². The first-order valence-corrected chi connectivity index (χ1v) is 7.99. The molecule has 1 N–H and O–H groups in total. The largest absolute Gasteiger partial charge is 0.312 e. The van der Waals surface area contributed by atoms with Crippen molar-refractivity contribution in [1.29, 1.82) is 0 Å². The van der Waals surface area contributed by atoms with Crippen molar-refractivity contribution in [3.05, 3.63) is 38.3 Å². The molecular weight excluding hydrogens is 320 g/mol. The summed E-state index contributed by atoms with van der Waals surface area (Å²) in [7, 11) is 0. The van der Waals surface area contributed by atoms with Crippen LogP contribution in [0, 0.1) is 22.0 Å². The fraction of sp³-hybridized carbons (Fsp3) is 0.600. The average Bonchev–Trinajstić information content (AvgIpc) is 2.40. The van der Waals surface area contributed by atoms with Gasteiger partial charge in [-0.1, -0.05) is 35.7 Å². The van der Waals surface area contributed by atoms with Gasteiger partial charge >= 0.3 is 0 Å². The van der Waals surface area contributed by atoms with Crippen LogP contribution in [0.1, 0.15) is 38.2 Å². The maximum absolute atomic E-state index is 10.7. The van der Waals surface area contributed by atoms with Gasteiger partial charge in [0, 0.05) is 23.2 Å². The number of halogens is 1. The Labute approximate surface area is 128 Å². The zero-order valence-electron chi connectivity index (χ0n) is 11.8. The zero-order chi connectivity index (χ0) is 14.5. The van der Waals surface area contributed by atoms with Crippen LogP contribution in [0.2, 0.25) is 0 Å². The lowest BCUT2D eigenvalue weighted by atomic mass is 9.82. The number of nitrogens with zero attached hydrogens (tertiary/aromatic N) is 1. The molecule has 4 nitrogen and oxygen atoms in total. The predicted molar refractivity (Wildman–Crippen MR) is 83.6 cm³/mol. The van der Waals surface area contributed by atoms with Gasteiger partial charge in [0.15, 0.2) is 0 Å². The van der Waals surface area contributed by atoms with E-state index in [1.165, 1.54) is 25.7 Å². The van der Waals surface area contributed by atoms with Crippen molar-refractivity contribution in [3.63, 3.8) is 0 Å². The number of nitrogens with one attached hydrogen (secondary N) is 1. The van der Waals surface area contributed by atoms with Crippen LogP contribution in [0.5, 0.6) is 0 Å². The van der Waals surface area contributed by atoms with Crippen molar-refractivity contribution < 1.29 is 4.92 Å². The highest BCUT2D eigenvalue weighted by Gasteiger charge is 2.18. The van der Waals surface area contributed by atoms with Gasteiger partial charge in [-0.05, 0) is 42.9 Å². The third-order valence-electron chi connectivity index (χ3n) is 4.04. The van der Waals surface area contributed by atoms with Crippen LogP contribution in [-0.4, -0.2) is 11.5 Å². The summed E-state index contributed by atoms with van der Waals surface area (Å²) >= 11 is 3.41. The zero-order valence-corrected chi connectivity index (χ0v) is 13.4. The average molecular weight is 341 g/mol. The van der Waals surface area contributed by atoms with Crippen LogP contribution in [0.4, 0.5) is 5.69 Å². The van der Waals surface area contributed by atoms with E-state index in [4.69, 9.17) is 0 Å². The number of nitro groups is 1. The molecule has 2 rings (SSSR count). The van der Waals surface area contributed by atoms with Gasteiger partial charge in [-0.2, -0.15) is 0 Å². The molecule has 1 aromatic rings. The summed E-state index contributed by atoms with van der Waals surface area (Å²) in [5.74, 6) is 1.62. The molecule has 0 aliphatic heterocycles. The van der Waals surface area contributed by atoms with Gasteiger partial charge < -0.3 is 5.32 Å². The van der Waals surface area contributed by atoms with Crippen molar-refractivity contribution in [2.24, 2.45) is 11.8 Å². The van der Waals surface area contributed by atoms with Crippen LogP contribution in [0.25, 0.3) is 0 Å². The van der Waals surface area contributed by atoms with Crippen molar-refractivity contribution in [3.8, 4) is 0 Å². The van der Waals surface area contributed by atoms with Crippen LogP contribution in [-0.2, 0) is 6.54 Å². The lowest BCUT2D eigenvalue weighted by Crippen LogP contribution is -2.26. The Morgan fingerprint density at radius 3 is 2.90 bits per heavy atom. The smallest absolute Gasteiger partial charge is 0.270 e. The van der Waals surface area contributed by atoms with E-state index in [1.54, 1.807) is 12.1 Å². The first-order chi connectivity index (χ1) is 9.56. The summed E-state index contributed by atoms with van der Waals surface area (Å²) in [5, 5.41) is 14.2. The van der Waals surface area contributed by atoms with Crippen LogP contribution in [0.15, 0.2) is 22.7 Å². The summed E-state index contributed by atoms with van der Waals surface area (Å²) < 4.78 is 0.802. The maximum Gasteiger partial charge on any atom is 0.270 e. The number of rotatable bonds is 5. The van der Waals surface area contributed by atoms with E-state index in [-0.39, 0.29) is 10.6 Å². The Bertz CT molecular complexity index is 479. The van der Waals surface area contributed by atoms with Crippen LogP contribution < -0.4 is 5.32 Å². The van der Waals surface area contributed by atoms with E-state index in [9.17, 15) is 10.1 Å². The molecular formula is C15H21BrN2O2. The molecule has 0 heterocycles. The van der Waals surface area contributed by atoms with Gasteiger partial charge in [0.2, 0.25) is 0 Å². The second kappa shape index (κ2) is 7.18. The molecule has 1 aliphatic carbocycles. The lowest BCUT2D eigenvalue weighted by molar-refractivity contribution is -0.384. The van der Waals surface area contributed by atoms with Gasteiger partial charge in [0.1, 0.15) is 0 Å². The molecule has 1 aliphatic rings. The first kappa shape index (κ1) is 15.4. The highest BCUT2D eigenvalue weighted by Crippen LogP contribution is 2.28. The monoisotopic (exact) mass is 340 g/mol. The van der Waals surface area contributed by atoms with Gasteiger partial charge in [0.05, 0.1) is 4.92 Å². The van der Waals surface area contributed by atoms with E-state index in [2.05, 4.69) is 28.2 Å². The SMILES string of the molecule is CC1CCCC(CNCc2ccc([N+](=O)[O-])cc2Br)C1. The van der Waals surface area contributed by atoms with Crippen molar-refractivity contribution in [1.82, 2.24) is 5.32 Å². The summed E-state index contributed by atoms with van der Waals surface area (Å²) in [6.07, 6.45) is 5.34. The third kappa shape index (κ3) is 4.28. The Morgan fingerprint density at radius 2 is 2.25 bits per heavy atom. The molecule has 0 amide bonds. The second-order valence-electron chi connectivity index (χ2n) is 5.80. The molecule has 0 aromatic heterocycles. The quantitative estimate of drug-likeness (QED) is 0.643. The number of hydrogen-bond donors (Lipinski definition) is 1. The summed E-state index contributed by atoms with van der Waals surface area (Å²) in [4.78, 5) is 10.3. The van der Waals surface area contributed by atoms with E-state index >= 15 is 0 Å². The highest BCUT2D eigenvalue weighted by atomic mass is 79.9. The molecule has 1 fully saturated rings. The molecule has 110 valence electrons. The molecule has 20 heavy (non-hydrogen) atoms. The standard InChI is InChI=1S/C15H21BrN2O2/c1-11-3-2-4-12(7-11)9-17-10-13-5-6-14(18(19)20)8-15(13)16/h5-6,8,11-12,17H,2-4,7,9-10H2,1H3. The summed E-state index contributed by atoms with van der Waals surface area (Å²) in [6, 6.07) is 4.95. The summed E-state index contributed by atoms with van der Waals surface area (Å²) in [5.41, 5.74) is 1.20. The van der Waals surface area contributed by atoms with Gasteiger partial charge in [-0.3, -0.25) is 10.1 Å². The molecule has 1 aromatic carbocycles.